The van der Waals surface area contributed by atoms with E-state index in [4.69, 9.17) is 32.8 Å². The fourth-order valence-corrected chi connectivity index (χ4v) is 0.676. The predicted octanol–water partition coefficient (Wildman–Crippen LogP) is -1.50. The van der Waals surface area contributed by atoms with E-state index >= 15 is 0 Å². The first kappa shape index (κ1) is 27.4. The molecule has 0 rings (SSSR count). The number of hydrogen-bond acceptors (Lipinski definition) is 8. The minimum atomic E-state index is 0. The van der Waals surface area contributed by atoms with Gasteiger partial charge >= 0.3 is 17.1 Å². The number of rotatable bonds is 7. The van der Waals surface area contributed by atoms with Gasteiger partial charge in [0.1, 0.15) is 0 Å². The monoisotopic (exact) mass is 341 g/mol. The van der Waals surface area contributed by atoms with Crippen LogP contribution in [0.2, 0.25) is 0 Å². The van der Waals surface area contributed by atoms with Gasteiger partial charge in [0.15, 0.2) is 0 Å². The molecule has 0 heterocycles. The van der Waals surface area contributed by atoms with E-state index in [2.05, 4.69) is 20.6 Å². The number of aliphatic imine (C=N–C) groups is 2. The number of nitrogens with two attached hydrogens (primary N) is 2. The Morgan fingerprint density at radius 1 is 0.810 bits per heavy atom. The van der Waals surface area contributed by atoms with Crippen molar-refractivity contribution in [3.63, 3.8) is 0 Å². The molecular weight excluding hydrogens is 324 g/mol. The van der Waals surface area contributed by atoms with E-state index in [1.165, 1.54) is 24.4 Å². The van der Waals surface area contributed by atoms with Crippen LogP contribution in [0, 0.1) is 22.9 Å². The van der Waals surface area contributed by atoms with Crippen molar-refractivity contribution in [2.24, 2.45) is 21.5 Å². The topological polar surface area (TPSA) is 193 Å². The average molecular weight is 342 g/mol. The first-order valence-electron chi connectivity index (χ1n) is 5.52. The summed E-state index contributed by atoms with van der Waals surface area (Å²) >= 11 is 0. The molecule has 0 aliphatic rings. The number of nitriles is 2. The first-order valence-corrected chi connectivity index (χ1v) is 5.52. The SMILES string of the molecule is N#CN=C=[N-].N#CN=C=[N-].NCCNCCNCCN.[Cu+2]. The summed E-state index contributed by atoms with van der Waals surface area (Å²) in [6.07, 6.45) is 2.56. The van der Waals surface area contributed by atoms with E-state index < -0.39 is 0 Å². The number of hydrogen-bond donors (Lipinski definition) is 4. The zero-order valence-electron chi connectivity index (χ0n) is 11.4. The summed E-state index contributed by atoms with van der Waals surface area (Å²) in [7, 11) is 0. The second-order valence-corrected chi connectivity index (χ2v) is 2.70. The second-order valence-electron chi connectivity index (χ2n) is 2.70. The third kappa shape index (κ3) is 56.7. The smallest absolute Gasteiger partial charge is 0.422 e. The van der Waals surface area contributed by atoms with Crippen molar-refractivity contribution in [1.29, 1.82) is 10.5 Å². The summed E-state index contributed by atoms with van der Waals surface area (Å²) in [6.45, 7) is 5.14. The molecule has 11 heteroatoms. The first-order chi connectivity index (χ1) is 9.74. The second kappa shape index (κ2) is 36.1. The van der Waals surface area contributed by atoms with Crippen molar-refractivity contribution >= 4 is 12.0 Å². The maximum absolute atomic E-state index is 7.43. The maximum atomic E-state index is 7.43. The molecule has 0 aromatic heterocycles. The molecule has 0 amide bonds. The van der Waals surface area contributed by atoms with E-state index in [1.54, 1.807) is 0 Å². The Labute approximate surface area is 134 Å². The van der Waals surface area contributed by atoms with E-state index in [1.807, 2.05) is 0 Å². The van der Waals surface area contributed by atoms with E-state index in [0.29, 0.717) is 13.1 Å². The van der Waals surface area contributed by atoms with Gasteiger partial charge in [-0.15, -0.1) is 12.0 Å². The average Bonchev–Trinajstić information content (AvgIpc) is 2.46. The molecule has 119 valence electrons. The van der Waals surface area contributed by atoms with Gasteiger partial charge in [0.05, 0.1) is 12.4 Å². The van der Waals surface area contributed by atoms with E-state index in [9.17, 15) is 0 Å². The maximum Gasteiger partial charge on any atom is 2.00 e. The summed E-state index contributed by atoms with van der Waals surface area (Å²) in [5, 5.41) is 36.0. The standard InChI is InChI=1S/C6H18N4.2C2N3.Cu/c7-1-3-9-5-6-10-4-2-8;2*3-1-5-2-4;/h9-10H,1-8H2;;;/q;2*-1;+2. The molecule has 0 saturated heterocycles. The summed E-state index contributed by atoms with van der Waals surface area (Å²) in [5.41, 5.74) is 10.5. The molecule has 1 radical (unpaired) electrons. The predicted molar refractivity (Wildman–Crippen MR) is 76.7 cm³/mol. The summed E-state index contributed by atoms with van der Waals surface area (Å²) in [6, 6.07) is 2.56. The zero-order valence-corrected chi connectivity index (χ0v) is 12.3. The number of nitrogens with zero attached hydrogens (tertiary/aromatic N) is 6. The van der Waals surface area contributed by atoms with E-state index in [-0.39, 0.29) is 17.1 Å². The van der Waals surface area contributed by atoms with Gasteiger partial charge in [0.2, 0.25) is 0 Å². The quantitative estimate of drug-likeness (QED) is 0.188. The Hall–Kier alpha value is -1.90. The van der Waals surface area contributed by atoms with Crippen molar-refractivity contribution < 1.29 is 17.1 Å². The summed E-state index contributed by atoms with van der Waals surface area (Å²) < 4.78 is 0. The largest absolute Gasteiger partial charge is 2.00 e. The molecule has 10 nitrogen and oxygen atoms in total. The minimum Gasteiger partial charge on any atom is -0.422 e. The molecule has 0 aromatic rings. The molecule has 0 aliphatic carbocycles. The van der Waals surface area contributed by atoms with Crippen LogP contribution in [-0.4, -0.2) is 51.3 Å². The van der Waals surface area contributed by atoms with Crippen LogP contribution in [0.3, 0.4) is 0 Å². The molecule has 0 atom stereocenters. The van der Waals surface area contributed by atoms with Gasteiger partial charge in [0, 0.05) is 39.3 Å². The normalized spacial score (nSPS) is 6.67. The molecule has 6 N–H and O–H groups in total. The van der Waals surface area contributed by atoms with Crippen molar-refractivity contribution in [1.82, 2.24) is 10.6 Å². The van der Waals surface area contributed by atoms with Crippen LogP contribution in [0.25, 0.3) is 10.8 Å². The zero-order chi connectivity index (χ0) is 15.9. The van der Waals surface area contributed by atoms with Crippen LogP contribution >= 0.6 is 0 Å². The van der Waals surface area contributed by atoms with Crippen LogP contribution in [-0.2, 0) is 17.1 Å². The van der Waals surface area contributed by atoms with Gasteiger partial charge in [-0.25, -0.2) is 0 Å². The van der Waals surface area contributed by atoms with E-state index in [0.717, 1.165) is 26.2 Å². The Kier molecular flexibility index (Phi) is 47.2. The molecule has 0 spiro atoms. The van der Waals surface area contributed by atoms with Crippen molar-refractivity contribution in [3.05, 3.63) is 10.8 Å². The third-order valence-electron chi connectivity index (χ3n) is 1.32. The van der Waals surface area contributed by atoms with Crippen LogP contribution < -0.4 is 22.1 Å². The Morgan fingerprint density at radius 3 is 1.29 bits per heavy atom. The van der Waals surface area contributed by atoms with Crippen LogP contribution in [0.15, 0.2) is 9.98 Å². The Balaban J connectivity index is -0.000000112. The molecule has 0 bridgehead atoms. The van der Waals surface area contributed by atoms with Crippen LogP contribution in [0.4, 0.5) is 0 Å². The third-order valence-corrected chi connectivity index (χ3v) is 1.32. The van der Waals surface area contributed by atoms with Gasteiger partial charge in [0.25, 0.3) is 0 Å². The molecule has 0 saturated carbocycles. The molecule has 0 unspecified atom stereocenters. The molecule has 21 heavy (non-hydrogen) atoms. The van der Waals surface area contributed by atoms with Gasteiger partial charge in [-0.1, -0.05) is 0 Å². The van der Waals surface area contributed by atoms with Gasteiger partial charge < -0.3 is 42.9 Å². The fourth-order valence-electron chi connectivity index (χ4n) is 0.676. The molecule has 0 aromatic carbocycles. The molecule has 0 fully saturated rings. The van der Waals surface area contributed by atoms with Gasteiger partial charge in [-0.3, -0.25) is 0 Å². The Morgan fingerprint density at radius 2 is 1.14 bits per heavy atom. The number of nitrogens with one attached hydrogen (secondary N) is 2. The van der Waals surface area contributed by atoms with Crippen molar-refractivity contribution in [3.8, 4) is 12.4 Å². The fraction of sp³-hybridized carbons (Fsp3) is 0.600. The molecule has 0 aliphatic heterocycles. The summed E-state index contributed by atoms with van der Waals surface area (Å²) in [4.78, 5) is 5.17. The van der Waals surface area contributed by atoms with Crippen molar-refractivity contribution in [2.75, 3.05) is 39.3 Å². The van der Waals surface area contributed by atoms with Gasteiger partial charge in [-0.2, -0.15) is 10.5 Å². The summed E-state index contributed by atoms with van der Waals surface area (Å²) in [5.74, 6) is 0. The van der Waals surface area contributed by atoms with Gasteiger partial charge in [-0.05, 0) is 0 Å². The molecular formula is C10H18CuN10. The van der Waals surface area contributed by atoms with Crippen LogP contribution in [0.1, 0.15) is 0 Å². The minimum absolute atomic E-state index is 0. The van der Waals surface area contributed by atoms with Crippen LogP contribution in [0.5, 0.6) is 0 Å². The van der Waals surface area contributed by atoms with Crippen molar-refractivity contribution in [2.45, 2.75) is 0 Å². The Bertz CT molecular complexity index is 323.